The molecule has 0 aliphatic heterocycles. The van der Waals surface area contributed by atoms with Gasteiger partial charge in [-0.1, -0.05) is 20.3 Å². The van der Waals surface area contributed by atoms with Gasteiger partial charge < -0.3 is 5.32 Å². The lowest BCUT2D eigenvalue weighted by Crippen LogP contribution is -2.23. The highest BCUT2D eigenvalue weighted by atomic mass is 16.6. The van der Waals surface area contributed by atoms with E-state index in [4.69, 9.17) is 0 Å². The van der Waals surface area contributed by atoms with E-state index in [-0.39, 0.29) is 17.4 Å². The van der Waals surface area contributed by atoms with Crippen molar-refractivity contribution in [2.75, 3.05) is 5.32 Å². The Balaban J connectivity index is 3.07. The Morgan fingerprint density at radius 2 is 1.84 bits per heavy atom. The lowest BCUT2D eigenvalue weighted by atomic mass is 10.0. The molecular weight excluding hydrogens is 250 g/mol. The van der Waals surface area contributed by atoms with Crippen molar-refractivity contribution in [2.24, 2.45) is 5.92 Å². The first kappa shape index (κ1) is 14.9. The third-order valence-electron chi connectivity index (χ3n) is 3.27. The third-order valence-corrected chi connectivity index (χ3v) is 3.27. The van der Waals surface area contributed by atoms with Crippen LogP contribution in [-0.4, -0.2) is 15.9 Å². The minimum Gasteiger partial charge on any atom is -0.377 e. The van der Waals surface area contributed by atoms with Crippen LogP contribution >= 0.6 is 0 Å². The first-order valence-corrected chi connectivity index (χ1v) is 6.06. The van der Waals surface area contributed by atoms with Crippen LogP contribution < -0.4 is 5.32 Å². The van der Waals surface area contributed by atoms with Crippen molar-refractivity contribution in [2.45, 2.75) is 33.2 Å². The van der Waals surface area contributed by atoms with Gasteiger partial charge in [-0.3, -0.25) is 20.2 Å². The van der Waals surface area contributed by atoms with Crippen LogP contribution in [0.5, 0.6) is 0 Å². The van der Waals surface area contributed by atoms with Crippen LogP contribution in [-0.2, 0) is 0 Å². The van der Waals surface area contributed by atoms with Crippen LogP contribution in [0.1, 0.15) is 27.2 Å². The molecule has 2 unspecified atom stereocenters. The summed E-state index contributed by atoms with van der Waals surface area (Å²) in [4.78, 5) is 20.3. The molecule has 7 heteroatoms. The van der Waals surface area contributed by atoms with Gasteiger partial charge in [-0.05, 0) is 18.9 Å². The maximum Gasteiger partial charge on any atom is 0.299 e. The summed E-state index contributed by atoms with van der Waals surface area (Å²) in [5.74, 6) is 0.342. The highest BCUT2D eigenvalue weighted by Crippen LogP contribution is 2.30. The van der Waals surface area contributed by atoms with E-state index in [1.165, 1.54) is 12.1 Å². The molecule has 1 aromatic rings. The Hall–Kier alpha value is -2.18. The summed E-state index contributed by atoms with van der Waals surface area (Å²) in [6, 6.07) is 3.67. The molecule has 0 fully saturated rings. The number of nitro benzene ring substituents is 2. The molecule has 0 aliphatic rings. The van der Waals surface area contributed by atoms with Crippen LogP contribution in [0.15, 0.2) is 18.2 Å². The molecule has 0 bridgehead atoms. The molecule has 2 atom stereocenters. The van der Waals surface area contributed by atoms with Gasteiger partial charge in [-0.25, -0.2) is 0 Å². The van der Waals surface area contributed by atoms with Crippen LogP contribution in [0.3, 0.4) is 0 Å². The van der Waals surface area contributed by atoms with Gasteiger partial charge in [0.25, 0.3) is 11.4 Å². The molecule has 0 heterocycles. The van der Waals surface area contributed by atoms with Crippen LogP contribution in [0.25, 0.3) is 0 Å². The summed E-state index contributed by atoms with van der Waals surface area (Å²) < 4.78 is 0. The molecule has 1 aromatic carbocycles. The summed E-state index contributed by atoms with van der Waals surface area (Å²) in [6.07, 6.45) is 0.939. The smallest absolute Gasteiger partial charge is 0.299 e. The Morgan fingerprint density at radius 3 is 2.32 bits per heavy atom. The fourth-order valence-corrected chi connectivity index (χ4v) is 1.65. The summed E-state index contributed by atoms with van der Waals surface area (Å²) in [7, 11) is 0. The van der Waals surface area contributed by atoms with Crippen molar-refractivity contribution in [1.82, 2.24) is 0 Å². The van der Waals surface area contributed by atoms with Gasteiger partial charge in [0.2, 0.25) is 0 Å². The topological polar surface area (TPSA) is 98.3 Å². The first-order chi connectivity index (χ1) is 8.86. The molecule has 7 nitrogen and oxygen atoms in total. The molecule has 104 valence electrons. The molecule has 0 radical (unpaired) electrons. The van der Waals surface area contributed by atoms with Crippen molar-refractivity contribution in [1.29, 1.82) is 0 Å². The predicted molar refractivity (Wildman–Crippen MR) is 72.3 cm³/mol. The van der Waals surface area contributed by atoms with Gasteiger partial charge in [-0.2, -0.15) is 0 Å². The van der Waals surface area contributed by atoms with Gasteiger partial charge in [0.15, 0.2) is 0 Å². The van der Waals surface area contributed by atoms with Crippen molar-refractivity contribution in [3.05, 3.63) is 38.4 Å². The maximum atomic E-state index is 11.0. The van der Waals surface area contributed by atoms with E-state index in [1.54, 1.807) is 0 Å². The molecule has 0 aromatic heterocycles. The number of nitro groups is 2. The standard InChI is InChI=1S/C12H17N3O4/c1-4-8(2)9(3)13-11-6-5-10(14(16)17)7-12(11)15(18)19/h5-9,13H,4H2,1-3H3. The molecule has 1 rings (SSSR count). The van der Waals surface area contributed by atoms with E-state index in [0.717, 1.165) is 12.5 Å². The number of rotatable bonds is 6. The number of hydrogen-bond donors (Lipinski definition) is 1. The number of non-ortho nitro benzene ring substituents is 1. The fraction of sp³-hybridized carbons (Fsp3) is 0.500. The second-order valence-electron chi connectivity index (χ2n) is 4.53. The number of benzene rings is 1. The molecule has 0 saturated heterocycles. The zero-order valence-corrected chi connectivity index (χ0v) is 11.1. The molecule has 1 N–H and O–H groups in total. The predicted octanol–water partition coefficient (Wildman–Crippen LogP) is 3.35. The molecule has 0 saturated carbocycles. The van der Waals surface area contributed by atoms with Crippen molar-refractivity contribution in [3.8, 4) is 0 Å². The summed E-state index contributed by atoms with van der Waals surface area (Å²) in [5, 5.41) is 24.6. The zero-order valence-electron chi connectivity index (χ0n) is 11.1. The highest BCUT2D eigenvalue weighted by Gasteiger charge is 2.21. The van der Waals surface area contributed by atoms with Crippen molar-refractivity contribution in [3.63, 3.8) is 0 Å². The van der Waals surface area contributed by atoms with E-state index in [9.17, 15) is 20.2 Å². The van der Waals surface area contributed by atoms with E-state index >= 15 is 0 Å². The van der Waals surface area contributed by atoms with E-state index < -0.39 is 9.85 Å². The fourth-order valence-electron chi connectivity index (χ4n) is 1.65. The van der Waals surface area contributed by atoms with Gasteiger partial charge in [-0.15, -0.1) is 0 Å². The van der Waals surface area contributed by atoms with E-state index in [1.807, 2.05) is 20.8 Å². The minimum absolute atomic E-state index is 0.0464. The Labute approximate surface area is 110 Å². The summed E-state index contributed by atoms with van der Waals surface area (Å²) >= 11 is 0. The van der Waals surface area contributed by atoms with Crippen LogP contribution in [0.4, 0.5) is 17.1 Å². The van der Waals surface area contributed by atoms with Crippen molar-refractivity contribution >= 4 is 17.1 Å². The largest absolute Gasteiger partial charge is 0.377 e. The number of hydrogen-bond acceptors (Lipinski definition) is 5. The second-order valence-corrected chi connectivity index (χ2v) is 4.53. The Bertz CT molecular complexity index is 490. The average Bonchev–Trinajstić information content (AvgIpc) is 2.37. The van der Waals surface area contributed by atoms with E-state index in [2.05, 4.69) is 5.32 Å². The molecule has 0 spiro atoms. The monoisotopic (exact) mass is 267 g/mol. The third kappa shape index (κ3) is 3.64. The minimum atomic E-state index is -0.644. The van der Waals surface area contributed by atoms with Crippen LogP contribution in [0.2, 0.25) is 0 Å². The van der Waals surface area contributed by atoms with Crippen molar-refractivity contribution < 1.29 is 9.85 Å². The molecular formula is C12H17N3O4. The quantitative estimate of drug-likeness (QED) is 0.629. The van der Waals surface area contributed by atoms with Gasteiger partial charge in [0, 0.05) is 12.1 Å². The number of nitrogens with zero attached hydrogens (tertiary/aromatic N) is 2. The Morgan fingerprint density at radius 1 is 1.21 bits per heavy atom. The highest BCUT2D eigenvalue weighted by molar-refractivity contribution is 5.65. The average molecular weight is 267 g/mol. The maximum absolute atomic E-state index is 11.0. The number of anilines is 1. The van der Waals surface area contributed by atoms with Gasteiger partial charge in [0.05, 0.1) is 15.9 Å². The molecule has 0 amide bonds. The normalized spacial score (nSPS) is 13.6. The zero-order chi connectivity index (χ0) is 14.6. The Kier molecular flexibility index (Phi) is 4.80. The lowest BCUT2D eigenvalue weighted by Gasteiger charge is -2.20. The SMILES string of the molecule is CCC(C)C(C)Nc1ccc([N+](=O)[O-])cc1[N+](=O)[O-]. The first-order valence-electron chi connectivity index (χ1n) is 6.06. The summed E-state index contributed by atoms with van der Waals surface area (Å²) in [5.41, 5.74) is -0.249. The van der Waals surface area contributed by atoms with Gasteiger partial charge in [0.1, 0.15) is 5.69 Å². The molecule has 19 heavy (non-hydrogen) atoms. The lowest BCUT2D eigenvalue weighted by molar-refractivity contribution is -0.393. The second kappa shape index (κ2) is 6.12. The van der Waals surface area contributed by atoms with E-state index in [0.29, 0.717) is 11.6 Å². The number of nitrogens with one attached hydrogen (secondary N) is 1. The van der Waals surface area contributed by atoms with Gasteiger partial charge >= 0.3 is 0 Å². The molecule has 0 aliphatic carbocycles. The summed E-state index contributed by atoms with van der Waals surface area (Å²) in [6.45, 7) is 6.00. The van der Waals surface area contributed by atoms with Crippen LogP contribution in [0, 0.1) is 26.1 Å².